The minimum Gasteiger partial charge on any atom is -0.383 e. The predicted molar refractivity (Wildman–Crippen MR) is 69.7 cm³/mol. The molecule has 0 heterocycles. The first-order chi connectivity index (χ1) is 8.02. The minimum atomic E-state index is -0.250. The topological polar surface area (TPSA) is 50.4 Å². The quantitative estimate of drug-likeness (QED) is 0.870. The Hall–Kier alpha value is -1.26. The molecule has 94 valence electrons. The van der Waals surface area contributed by atoms with Crippen LogP contribution in [0.3, 0.4) is 0 Å². The van der Waals surface area contributed by atoms with Crippen LogP contribution in [0, 0.1) is 6.92 Å². The van der Waals surface area contributed by atoms with Gasteiger partial charge in [0.05, 0.1) is 12.6 Å². The maximum Gasteiger partial charge on any atom is 0.319 e. The lowest BCUT2D eigenvalue weighted by Gasteiger charge is -2.14. The molecule has 2 N–H and O–H groups in total. The number of anilines is 1. The van der Waals surface area contributed by atoms with Gasteiger partial charge in [0.15, 0.2) is 0 Å². The lowest BCUT2D eigenvalue weighted by Crippen LogP contribution is -2.38. The molecule has 0 aliphatic rings. The Morgan fingerprint density at radius 3 is 2.82 bits per heavy atom. The number of amides is 2. The number of urea groups is 1. The van der Waals surface area contributed by atoms with Gasteiger partial charge in [0, 0.05) is 17.8 Å². The lowest BCUT2D eigenvalue weighted by molar-refractivity contribution is 0.173. The van der Waals surface area contributed by atoms with Crippen molar-refractivity contribution in [3.05, 3.63) is 28.8 Å². The van der Waals surface area contributed by atoms with Crippen LogP contribution in [0.25, 0.3) is 0 Å². The summed E-state index contributed by atoms with van der Waals surface area (Å²) in [5.74, 6) is 0. The van der Waals surface area contributed by atoms with Crippen LogP contribution in [-0.2, 0) is 4.74 Å². The number of hydrogen-bond donors (Lipinski definition) is 2. The van der Waals surface area contributed by atoms with Gasteiger partial charge in [-0.25, -0.2) is 4.79 Å². The third-order valence-corrected chi connectivity index (χ3v) is 2.47. The summed E-state index contributed by atoms with van der Waals surface area (Å²) in [6.45, 7) is 4.24. The second-order valence-electron chi connectivity index (χ2n) is 3.91. The number of nitrogens with one attached hydrogen (secondary N) is 2. The van der Waals surface area contributed by atoms with Crippen molar-refractivity contribution in [1.82, 2.24) is 5.32 Å². The number of carbonyl (C=O) groups is 1. The highest BCUT2D eigenvalue weighted by Crippen LogP contribution is 2.19. The Labute approximate surface area is 106 Å². The van der Waals surface area contributed by atoms with Crippen molar-refractivity contribution >= 4 is 23.3 Å². The van der Waals surface area contributed by atoms with Crippen LogP contribution in [0.4, 0.5) is 10.5 Å². The molecule has 1 unspecified atom stereocenters. The fraction of sp³-hybridized carbons (Fsp3) is 0.417. The van der Waals surface area contributed by atoms with Gasteiger partial charge in [-0.2, -0.15) is 0 Å². The zero-order valence-corrected chi connectivity index (χ0v) is 11.0. The molecular formula is C12H17ClN2O2. The molecule has 1 atom stereocenters. The maximum absolute atomic E-state index is 11.6. The molecule has 17 heavy (non-hydrogen) atoms. The molecule has 2 amide bonds. The van der Waals surface area contributed by atoms with E-state index in [4.69, 9.17) is 16.3 Å². The molecule has 0 fully saturated rings. The van der Waals surface area contributed by atoms with E-state index >= 15 is 0 Å². The largest absolute Gasteiger partial charge is 0.383 e. The Bertz CT molecular complexity index is 396. The van der Waals surface area contributed by atoms with E-state index < -0.39 is 0 Å². The molecule has 0 saturated carbocycles. The molecule has 1 aromatic rings. The summed E-state index contributed by atoms with van der Waals surface area (Å²) in [6.07, 6.45) is 0. The zero-order chi connectivity index (χ0) is 12.8. The number of carbonyl (C=O) groups excluding carboxylic acids is 1. The maximum atomic E-state index is 11.6. The molecule has 0 saturated heterocycles. The van der Waals surface area contributed by atoms with Crippen molar-refractivity contribution in [2.75, 3.05) is 19.0 Å². The van der Waals surface area contributed by atoms with Crippen molar-refractivity contribution in [2.24, 2.45) is 0 Å². The van der Waals surface area contributed by atoms with Crippen molar-refractivity contribution in [3.8, 4) is 0 Å². The number of halogens is 1. The lowest BCUT2D eigenvalue weighted by atomic mass is 10.2. The van der Waals surface area contributed by atoms with Gasteiger partial charge in [0.25, 0.3) is 0 Å². The minimum absolute atomic E-state index is 0.0346. The molecule has 5 heteroatoms. The van der Waals surface area contributed by atoms with Crippen LogP contribution in [-0.4, -0.2) is 25.8 Å². The molecule has 0 aliphatic heterocycles. The van der Waals surface area contributed by atoms with Gasteiger partial charge in [0.1, 0.15) is 0 Å². The standard InChI is InChI=1S/C12H17ClN2O2/c1-8-6-10(13)4-5-11(8)15-12(16)14-9(2)7-17-3/h4-6,9H,7H2,1-3H3,(H2,14,15,16). The van der Waals surface area contributed by atoms with Gasteiger partial charge in [-0.05, 0) is 37.6 Å². The molecule has 0 bridgehead atoms. The third kappa shape index (κ3) is 4.63. The summed E-state index contributed by atoms with van der Waals surface area (Å²) < 4.78 is 4.93. The number of benzene rings is 1. The van der Waals surface area contributed by atoms with Crippen molar-refractivity contribution < 1.29 is 9.53 Å². The highest BCUT2D eigenvalue weighted by molar-refractivity contribution is 6.30. The van der Waals surface area contributed by atoms with Crippen LogP contribution in [0.1, 0.15) is 12.5 Å². The summed E-state index contributed by atoms with van der Waals surface area (Å²) in [6, 6.07) is 5.03. The van der Waals surface area contributed by atoms with Crippen LogP contribution >= 0.6 is 11.6 Å². The number of ether oxygens (including phenoxy) is 1. The van der Waals surface area contributed by atoms with Gasteiger partial charge in [-0.3, -0.25) is 0 Å². The SMILES string of the molecule is COCC(C)NC(=O)Nc1ccc(Cl)cc1C. The molecule has 0 spiro atoms. The number of rotatable bonds is 4. The van der Waals surface area contributed by atoms with Crippen molar-refractivity contribution in [3.63, 3.8) is 0 Å². The summed E-state index contributed by atoms with van der Waals surface area (Å²) in [5, 5.41) is 6.18. The number of hydrogen-bond acceptors (Lipinski definition) is 2. The normalized spacial score (nSPS) is 12.0. The van der Waals surface area contributed by atoms with Crippen LogP contribution < -0.4 is 10.6 Å². The average molecular weight is 257 g/mol. The summed E-state index contributed by atoms with van der Waals surface area (Å²) >= 11 is 5.83. The van der Waals surface area contributed by atoms with Gasteiger partial charge < -0.3 is 15.4 Å². The highest BCUT2D eigenvalue weighted by Gasteiger charge is 2.08. The Kier molecular flexibility index (Phi) is 5.25. The second kappa shape index (κ2) is 6.47. The van der Waals surface area contributed by atoms with Crippen LogP contribution in [0.15, 0.2) is 18.2 Å². The fourth-order valence-corrected chi connectivity index (χ4v) is 1.67. The van der Waals surface area contributed by atoms with E-state index in [1.807, 2.05) is 13.8 Å². The Morgan fingerprint density at radius 2 is 2.24 bits per heavy atom. The van der Waals surface area contributed by atoms with Gasteiger partial charge in [-0.1, -0.05) is 11.6 Å². The van der Waals surface area contributed by atoms with Gasteiger partial charge in [0.2, 0.25) is 0 Å². The van der Waals surface area contributed by atoms with Crippen LogP contribution in [0.2, 0.25) is 5.02 Å². The monoisotopic (exact) mass is 256 g/mol. The fourth-order valence-electron chi connectivity index (χ4n) is 1.44. The van der Waals surface area contributed by atoms with Crippen molar-refractivity contribution in [2.45, 2.75) is 19.9 Å². The van der Waals surface area contributed by atoms with Crippen LogP contribution in [0.5, 0.6) is 0 Å². The molecule has 0 radical (unpaired) electrons. The zero-order valence-electron chi connectivity index (χ0n) is 10.2. The average Bonchev–Trinajstić information content (AvgIpc) is 2.22. The molecule has 0 aliphatic carbocycles. The first-order valence-corrected chi connectivity index (χ1v) is 5.73. The summed E-state index contributed by atoms with van der Waals surface area (Å²) in [4.78, 5) is 11.6. The van der Waals surface area contributed by atoms with Gasteiger partial charge in [-0.15, -0.1) is 0 Å². The van der Waals surface area contributed by atoms with E-state index in [-0.39, 0.29) is 12.1 Å². The van der Waals surface area contributed by atoms with E-state index in [2.05, 4.69) is 10.6 Å². The predicted octanol–water partition coefficient (Wildman–Crippen LogP) is 2.80. The molecule has 1 aromatic carbocycles. The van der Waals surface area contributed by atoms with E-state index in [0.717, 1.165) is 11.3 Å². The van der Waals surface area contributed by atoms with Gasteiger partial charge >= 0.3 is 6.03 Å². The van der Waals surface area contributed by atoms with E-state index in [9.17, 15) is 4.79 Å². The second-order valence-corrected chi connectivity index (χ2v) is 4.35. The number of methoxy groups -OCH3 is 1. The van der Waals surface area contributed by atoms with Crippen molar-refractivity contribution in [1.29, 1.82) is 0 Å². The van der Waals surface area contributed by atoms with E-state index in [1.165, 1.54) is 0 Å². The third-order valence-electron chi connectivity index (χ3n) is 2.23. The molecule has 1 rings (SSSR count). The summed E-state index contributed by atoms with van der Waals surface area (Å²) in [7, 11) is 1.60. The first kappa shape index (κ1) is 13.8. The highest BCUT2D eigenvalue weighted by atomic mass is 35.5. The number of aryl methyl sites for hydroxylation is 1. The smallest absolute Gasteiger partial charge is 0.319 e. The van der Waals surface area contributed by atoms with E-state index in [1.54, 1.807) is 25.3 Å². The van der Waals surface area contributed by atoms with E-state index in [0.29, 0.717) is 11.6 Å². The molecule has 4 nitrogen and oxygen atoms in total. The first-order valence-electron chi connectivity index (χ1n) is 5.35. The Balaban J connectivity index is 2.56. The Morgan fingerprint density at radius 1 is 1.53 bits per heavy atom. The summed E-state index contributed by atoms with van der Waals surface area (Å²) in [5.41, 5.74) is 1.67. The molecular weight excluding hydrogens is 240 g/mol. The molecule has 0 aromatic heterocycles.